The molecule has 35 heavy (non-hydrogen) atoms. The van der Waals surface area contributed by atoms with Crippen LogP contribution in [0.1, 0.15) is 58.6 Å². The first-order chi connectivity index (χ1) is 16.8. The molecule has 2 aromatic carbocycles. The number of rotatable bonds is 9. The molecular formula is C26H25F2NO5S. The number of benzene rings is 2. The maximum absolute atomic E-state index is 14.5. The number of Topliss-reactive ketones (excluding diaryl/α,β-unsaturated/α-hetero) is 1. The van der Waals surface area contributed by atoms with Crippen molar-refractivity contribution in [2.45, 2.75) is 44.6 Å². The summed E-state index contributed by atoms with van der Waals surface area (Å²) >= 11 is 1.38. The molecule has 0 spiro atoms. The highest BCUT2D eigenvalue weighted by Crippen LogP contribution is 2.31. The Morgan fingerprint density at radius 1 is 1.03 bits per heavy atom. The minimum Gasteiger partial charge on any atom is -0.484 e. The van der Waals surface area contributed by atoms with Crippen LogP contribution >= 0.6 is 11.3 Å². The molecule has 1 aliphatic carbocycles. The molecule has 1 fully saturated rings. The number of halogens is 2. The highest BCUT2D eigenvalue weighted by molar-refractivity contribution is 7.20. The van der Waals surface area contributed by atoms with Gasteiger partial charge in [0.15, 0.2) is 23.2 Å². The van der Waals surface area contributed by atoms with Gasteiger partial charge < -0.3 is 15.2 Å². The summed E-state index contributed by atoms with van der Waals surface area (Å²) in [6, 6.07) is 11.4. The van der Waals surface area contributed by atoms with E-state index in [1.54, 1.807) is 0 Å². The Bertz CT molecular complexity index is 1190. The monoisotopic (exact) mass is 501 g/mol. The summed E-state index contributed by atoms with van der Waals surface area (Å²) < 4.78 is 35.5. The van der Waals surface area contributed by atoms with E-state index in [1.165, 1.54) is 11.3 Å². The third-order valence-corrected chi connectivity index (χ3v) is 7.26. The molecule has 3 aromatic rings. The predicted octanol–water partition coefficient (Wildman–Crippen LogP) is 5.59. The van der Waals surface area contributed by atoms with E-state index in [2.05, 4.69) is 5.32 Å². The van der Waals surface area contributed by atoms with Crippen molar-refractivity contribution in [1.82, 2.24) is 5.32 Å². The summed E-state index contributed by atoms with van der Waals surface area (Å²) in [4.78, 5) is 36.4. The van der Waals surface area contributed by atoms with E-state index in [1.807, 2.05) is 30.3 Å². The van der Waals surface area contributed by atoms with Crippen molar-refractivity contribution < 1.29 is 33.0 Å². The zero-order chi connectivity index (χ0) is 24.9. The molecule has 1 saturated carbocycles. The van der Waals surface area contributed by atoms with E-state index in [4.69, 9.17) is 9.84 Å². The van der Waals surface area contributed by atoms with Crippen LogP contribution in [-0.4, -0.2) is 35.4 Å². The van der Waals surface area contributed by atoms with Crippen LogP contribution in [0.15, 0.2) is 42.5 Å². The van der Waals surface area contributed by atoms with Gasteiger partial charge in [-0.3, -0.25) is 14.4 Å². The number of fused-ring (bicyclic) bond motifs is 1. The van der Waals surface area contributed by atoms with Crippen molar-refractivity contribution in [2.24, 2.45) is 5.92 Å². The molecule has 1 aliphatic rings. The minimum atomic E-state index is -0.966. The van der Waals surface area contributed by atoms with Gasteiger partial charge in [0, 0.05) is 23.2 Å². The first-order valence-corrected chi connectivity index (χ1v) is 12.3. The Morgan fingerprint density at radius 2 is 1.71 bits per heavy atom. The highest BCUT2D eigenvalue weighted by Gasteiger charge is 2.28. The third kappa shape index (κ3) is 6.03. The second-order valence-corrected chi connectivity index (χ2v) is 9.71. The molecule has 0 saturated heterocycles. The van der Waals surface area contributed by atoms with Crippen LogP contribution in [0, 0.1) is 17.6 Å². The lowest BCUT2D eigenvalue weighted by Gasteiger charge is -2.27. The lowest BCUT2D eigenvalue weighted by molar-refractivity contribution is -0.143. The van der Waals surface area contributed by atoms with Crippen molar-refractivity contribution >= 4 is 39.1 Å². The average Bonchev–Trinajstić information content (AvgIpc) is 3.28. The number of ether oxygens (including phenoxy) is 1. The summed E-state index contributed by atoms with van der Waals surface area (Å²) in [6.45, 7) is 0.254. The van der Waals surface area contributed by atoms with E-state index in [-0.39, 0.29) is 24.4 Å². The molecule has 0 atom stereocenters. The summed E-state index contributed by atoms with van der Waals surface area (Å²) in [6.07, 6.45) is 1.43. The molecule has 6 nitrogen and oxygen atoms in total. The van der Waals surface area contributed by atoms with Gasteiger partial charge in [-0.1, -0.05) is 18.2 Å². The van der Waals surface area contributed by atoms with Crippen LogP contribution in [0.2, 0.25) is 0 Å². The number of ketones is 1. The SMILES string of the molecule is O=C(CCCNC(=O)c1cc2ccccc2s1)c1cc(F)c(OC2CCC(C(=O)O)CC2)c(F)c1. The van der Waals surface area contributed by atoms with E-state index >= 15 is 0 Å². The number of carbonyl (C=O) groups is 3. The molecule has 1 heterocycles. The number of amides is 1. The summed E-state index contributed by atoms with van der Waals surface area (Å²) in [5.41, 5.74) is -0.0993. The summed E-state index contributed by atoms with van der Waals surface area (Å²) in [7, 11) is 0. The molecule has 184 valence electrons. The Hall–Kier alpha value is -3.33. The van der Waals surface area contributed by atoms with Crippen molar-refractivity contribution in [2.75, 3.05) is 6.54 Å². The molecular weight excluding hydrogens is 476 g/mol. The minimum absolute atomic E-state index is 0.0188. The molecule has 0 bridgehead atoms. The highest BCUT2D eigenvalue weighted by atomic mass is 32.1. The van der Waals surface area contributed by atoms with Crippen LogP contribution in [0.3, 0.4) is 0 Å². The van der Waals surface area contributed by atoms with Gasteiger partial charge >= 0.3 is 5.97 Å². The van der Waals surface area contributed by atoms with Crippen LogP contribution in [0.25, 0.3) is 10.1 Å². The van der Waals surface area contributed by atoms with Crippen molar-refractivity contribution in [3.05, 3.63) is 64.5 Å². The van der Waals surface area contributed by atoms with Crippen LogP contribution in [0.4, 0.5) is 8.78 Å². The standard InChI is InChI=1S/C26H25F2NO5S/c27-19-12-17(13-20(28)24(19)34-18-9-7-15(8-10-18)26(32)33)21(30)5-3-11-29-25(31)23-14-16-4-1-2-6-22(16)35-23/h1-2,4,6,12-15,18H,3,5,7-11H2,(H,29,31)(H,32,33). The van der Waals surface area contributed by atoms with Gasteiger partial charge in [-0.05, 0) is 61.8 Å². The zero-order valence-electron chi connectivity index (χ0n) is 18.9. The molecule has 0 aliphatic heterocycles. The molecule has 1 aromatic heterocycles. The maximum Gasteiger partial charge on any atom is 0.306 e. The normalized spacial score (nSPS) is 17.8. The quantitative estimate of drug-likeness (QED) is 0.294. The molecule has 4 rings (SSSR count). The van der Waals surface area contributed by atoms with E-state index in [0.717, 1.165) is 22.2 Å². The largest absolute Gasteiger partial charge is 0.484 e. The van der Waals surface area contributed by atoms with Gasteiger partial charge in [-0.25, -0.2) is 8.78 Å². The van der Waals surface area contributed by atoms with Crippen LogP contribution in [-0.2, 0) is 4.79 Å². The lowest BCUT2D eigenvalue weighted by atomic mass is 9.87. The number of carboxylic acids is 1. The van der Waals surface area contributed by atoms with Gasteiger partial charge in [0.1, 0.15) is 0 Å². The molecule has 1 amide bonds. The Kier molecular flexibility index (Phi) is 7.75. The summed E-state index contributed by atoms with van der Waals surface area (Å²) in [5, 5.41) is 12.8. The number of carboxylic acid groups (broad SMARTS) is 1. The fraction of sp³-hybridized carbons (Fsp3) is 0.346. The van der Waals surface area contributed by atoms with Gasteiger partial charge in [0.05, 0.1) is 16.9 Å². The van der Waals surface area contributed by atoms with Crippen LogP contribution < -0.4 is 10.1 Å². The number of hydrogen-bond donors (Lipinski definition) is 2. The number of hydrogen-bond acceptors (Lipinski definition) is 5. The molecule has 0 unspecified atom stereocenters. The van der Waals surface area contributed by atoms with Gasteiger partial charge in [0.25, 0.3) is 5.91 Å². The van der Waals surface area contributed by atoms with Crippen LogP contribution in [0.5, 0.6) is 5.75 Å². The van der Waals surface area contributed by atoms with E-state index in [9.17, 15) is 23.2 Å². The van der Waals surface area contributed by atoms with Crippen molar-refractivity contribution in [3.63, 3.8) is 0 Å². The number of carbonyl (C=O) groups excluding carboxylic acids is 2. The maximum atomic E-state index is 14.5. The fourth-order valence-electron chi connectivity index (χ4n) is 4.20. The molecule has 0 radical (unpaired) electrons. The lowest BCUT2D eigenvalue weighted by Crippen LogP contribution is -2.28. The van der Waals surface area contributed by atoms with Crippen molar-refractivity contribution in [3.8, 4) is 5.75 Å². The Labute approximate surface area is 204 Å². The Balaban J connectivity index is 1.27. The zero-order valence-corrected chi connectivity index (χ0v) is 19.7. The third-order valence-electron chi connectivity index (χ3n) is 6.14. The summed E-state index contributed by atoms with van der Waals surface area (Å²) in [5.74, 6) is -4.47. The smallest absolute Gasteiger partial charge is 0.306 e. The molecule has 9 heteroatoms. The van der Waals surface area contributed by atoms with Gasteiger partial charge in [-0.15, -0.1) is 11.3 Å². The van der Waals surface area contributed by atoms with E-state index < -0.39 is 41.2 Å². The number of aliphatic carboxylic acids is 1. The average molecular weight is 502 g/mol. The number of thiophene rings is 1. The molecule has 2 N–H and O–H groups in total. The van der Waals surface area contributed by atoms with E-state index in [0.29, 0.717) is 37.0 Å². The first kappa shape index (κ1) is 24.8. The topological polar surface area (TPSA) is 92.7 Å². The second-order valence-electron chi connectivity index (χ2n) is 8.63. The predicted molar refractivity (Wildman–Crippen MR) is 128 cm³/mol. The fourth-order valence-corrected chi connectivity index (χ4v) is 5.18. The van der Waals surface area contributed by atoms with Gasteiger partial charge in [0.2, 0.25) is 0 Å². The second kappa shape index (κ2) is 10.9. The van der Waals surface area contributed by atoms with Crippen molar-refractivity contribution in [1.29, 1.82) is 0 Å². The Morgan fingerprint density at radius 3 is 2.37 bits per heavy atom. The number of nitrogens with one attached hydrogen (secondary N) is 1. The first-order valence-electron chi connectivity index (χ1n) is 11.5. The van der Waals surface area contributed by atoms with Gasteiger partial charge in [-0.2, -0.15) is 0 Å².